The molecule has 2 heteroatoms. The van der Waals surface area contributed by atoms with Crippen LogP contribution < -0.4 is 5.73 Å². The van der Waals surface area contributed by atoms with Crippen LogP contribution in [-0.2, 0) is 4.74 Å². The molecule has 0 spiro atoms. The van der Waals surface area contributed by atoms with Gasteiger partial charge in [-0.25, -0.2) is 0 Å². The molecule has 1 unspecified atom stereocenters. The van der Waals surface area contributed by atoms with Crippen LogP contribution in [0.2, 0.25) is 0 Å². The van der Waals surface area contributed by atoms with Gasteiger partial charge in [0.05, 0.1) is 11.6 Å². The van der Waals surface area contributed by atoms with Crippen molar-refractivity contribution in [1.82, 2.24) is 0 Å². The molecule has 1 atom stereocenters. The Hall–Kier alpha value is -0.860. The van der Waals surface area contributed by atoms with Crippen LogP contribution in [0.5, 0.6) is 0 Å². The first-order valence-electron chi connectivity index (χ1n) is 5.97. The first-order chi connectivity index (χ1) is 7.59. The van der Waals surface area contributed by atoms with Crippen molar-refractivity contribution in [2.45, 2.75) is 44.8 Å². The Bertz CT molecular complexity index is 377. The Labute approximate surface area is 97.8 Å². The molecule has 0 amide bonds. The summed E-state index contributed by atoms with van der Waals surface area (Å²) in [6, 6.07) is 6.48. The van der Waals surface area contributed by atoms with E-state index < -0.39 is 0 Å². The molecule has 0 radical (unpaired) electrons. The van der Waals surface area contributed by atoms with Gasteiger partial charge in [0, 0.05) is 7.11 Å². The van der Waals surface area contributed by atoms with E-state index in [4.69, 9.17) is 10.5 Å². The Balaban J connectivity index is 2.32. The molecule has 1 aliphatic rings. The van der Waals surface area contributed by atoms with E-state index in [2.05, 4.69) is 32.0 Å². The molecular formula is C14H21NO. The molecule has 0 saturated heterocycles. The third-order valence-electron chi connectivity index (χ3n) is 3.94. The second kappa shape index (κ2) is 4.19. The van der Waals surface area contributed by atoms with E-state index in [9.17, 15) is 0 Å². The van der Waals surface area contributed by atoms with E-state index >= 15 is 0 Å². The van der Waals surface area contributed by atoms with E-state index in [-0.39, 0.29) is 11.6 Å². The Morgan fingerprint density at radius 3 is 2.50 bits per heavy atom. The molecule has 1 aromatic rings. The van der Waals surface area contributed by atoms with Gasteiger partial charge >= 0.3 is 0 Å². The lowest BCUT2D eigenvalue weighted by atomic mass is 9.72. The van der Waals surface area contributed by atoms with Crippen molar-refractivity contribution in [3.63, 3.8) is 0 Å². The average molecular weight is 219 g/mol. The normalized spacial score (nSPS) is 20.2. The number of rotatable bonds is 3. The monoisotopic (exact) mass is 219 g/mol. The van der Waals surface area contributed by atoms with Gasteiger partial charge < -0.3 is 10.5 Å². The molecule has 0 heterocycles. The summed E-state index contributed by atoms with van der Waals surface area (Å²) in [5, 5.41) is 0. The van der Waals surface area contributed by atoms with E-state index in [0.29, 0.717) is 0 Å². The smallest absolute Gasteiger partial charge is 0.0870 e. The molecule has 88 valence electrons. The average Bonchev–Trinajstić information content (AvgIpc) is 2.21. The number of hydrogen-bond donors (Lipinski definition) is 1. The van der Waals surface area contributed by atoms with Crippen molar-refractivity contribution in [3.8, 4) is 0 Å². The van der Waals surface area contributed by atoms with Gasteiger partial charge in [0.15, 0.2) is 0 Å². The summed E-state index contributed by atoms with van der Waals surface area (Å²) in [6.45, 7) is 4.23. The summed E-state index contributed by atoms with van der Waals surface area (Å²) in [5.41, 5.74) is 10.0. The highest BCUT2D eigenvalue weighted by molar-refractivity contribution is 5.35. The first-order valence-corrected chi connectivity index (χ1v) is 5.97. The summed E-state index contributed by atoms with van der Waals surface area (Å²) in [7, 11) is 1.78. The zero-order valence-corrected chi connectivity index (χ0v) is 10.4. The Kier molecular flexibility index (Phi) is 3.04. The minimum atomic E-state index is -0.113. The largest absolute Gasteiger partial charge is 0.376 e. The molecule has 1 aliphatic carbocycles. The molecule has 1 fully saturated rings. The van der Waals surface area contributed by atoms with Crippen LogP contribution in [0.15, 0.2) is 18.2 Å². The maximum atomic E-state index is 6.39. The Morgan fingerprint density at radius 1 is 1.31 bits per heavy atom. The molecule has 0 bridgehead atoms. The van der Waals surface area contributed by atoms with E-state index in [1.807, 2.05) is 0 Å². The van der Waals surface area contributed by atoms with E-state index in [1.54, 1.807) is 7.11 Å². The Morgan fingerprint density at radius 2 is 2.00 bits per heavy atom. The topological polar surface area (TPSA) is 35.2 Å². The molecule has 1 saturated carbocycles. The molecule has 16 heavy (non-hydrogen) atoms. The third-order valence-corrected chi connectivity index (χ3v) is 3.94. The summed E-state index contributed by atoms with van der Waals surface area (Å²) in [4.78, 5) is 0. The van der Waals surface area contributed by atoms with Crippen molar-refractivity contribution in [2.75, 3.05) is 7.11 Å². The number of benzene rings is 1. The molecule has 1 aromatic carbocycles. The summed E-state index contributed by atoms with van der Waals surface area (Å²) in [5.74, 6) is 0. The number of hydrogen-bond acceptors (Lipinski definition) is 2. The van der Waals surface area contributed by atoms with E-state index in [1.165, 1.54) is 23.1 Å². The highest BCUT2D eigenvalue weighted by Gasteiger charge is 2.43. The minimum absolute atomic E-state index is 0.00569. The van der Waals surface area contributed by atoms with Crippen molar-refractivity contribution in [1.29, 1.82) is 0 Å². The van der Waals surface area contributed by atoms with Gasteiger partial charge in [-0.1, -0.05) is 23.8 Å². The second-order valence-corrected chi connectivity index (χ2v) is 4.96. The number of aryl methyl sites for hydroxylation is 2. The molecule has 2 N–H and O–H groups in total. The summed E-state index contributed by atoms with van der Waals surface area (Å²) in [6.07, 6.45) is 3.39. The van der Waals surface area contributed by atoms with Crippen LogP contribution in [0.1, 0.15) is 42.0 Å². The van der Waals surface area contributed by atoms with Crippen LogP contribution in [0.4, 0.5) is 0 Å². The SMILES string of the molecule is COC1(C(N)c2cc(C)ccc2C)CCC1. The summed E-state index contributed by atoms with van der Waals surface area (Å²) >= 11 is 0. The minimum Gasteiger partial charge on any atom is -0.376 e. The molecular weight excluding hydrogens is 198 g/mol. The van der Waals surface area contributed by atoms with Crippen molar-refractivity contribution in [2.24, 2.45) is 5.73 Å². The molecule has 0 aliphatic heterocycles. The zero-order chi connectivity index (χ0) is 11.8. The predicted octanol–water partition coefficient (Wildman–Crippen LogP) is 2.87. The first kappa shape index (κ1) is 11.6. The highest BCUT2D eigenvalue weighted by atomic mass is 16.5. The van der Waals surface area contributed by atoms with Gasteiger partial charge in [0.2, 0.25) is 0 Å². The van der Waals surface area contributed by atoms with Crippen molar-refractivity contribution >= 4 is 0 Å². The fourth-order valence-electron chi connectivity index (χ4n) is 2.55. The van der Waals surface area contributed by atoms with Crippen LogP contribution in [0.3, 0.4) is 0 Å². The fraction of sp³-hybridized carbons (Fsp3) is 0.571. The molecule has 0 aromatic heterocycles. The standard InChI is InChI=1S/C14H21NO/c1-10-5-6-11(2)12(9-10)13(15)14(16-3)7-4-8-14/h5-6,9,13H,4,7-8,15H2,1-3H3. The zero-order valence-electron chi connectivity index (χ0n) is 10.4. The number of methoxy groups -OCH3 is 1. The summed E-state index contributed by atoms with van der Waals surface area (Å²) < 4.78 is 5.66. The number of nitrogens with two attached hydrogens (primary N) is 1. The highest BCUT2D eigenvalue weighted by Crippen LogP contribution is 2.44. The maximum Gasteiger partial charge on any atom is 0.0870 e. The van der Waals surface area contributed by atoms with Crippen LogP contribution in [-0.4, -0.2) is 12.7 Å². The lowest BCUT2D eigenvalue weighted by Crippen LogP contribution is -2.48. The third kappa shape index (κ3) is 1.76. The quantitative estimate of drug-likeness (QED) is 0.848. The van der Waals surface area contributed by atoms with Gasteiger partial charge in [0.25, 0.3) is 0 Å². The second-order valence-electron chi connectivity index (χ2n) is 4.96. The van der Waals surface area contributed by atoms with Gasteiger partial charge in [-0.3, -0.25) is 0 Å². The molecule has 2 rings (SSSR count). The van der Waals surface area contributed by atoms with Gasteiger partial charge in [0.1, 0.15) is 0 Å². The van der Waals surface area contributed by atoms with Crippen LogP contribution >= 0.6 is 0 Å². The lowest BCUT2D eigenvalue weighted by Gasteiger charge is -2.45. The van der Waals surface area contributed by atoms with Gasteiger partial charge in [-0.15, -0.1) is 0 Å². The fourth-order valence-corrected chi connectivity index (χ4v) is 2.55. The van der Waals surface area contributed by atoms with Crippen molar-refractivity contribution in [3.05, 3.63) is 34.9 Å². The van der Waals surface area contributed by atoms with Gasteiger partial charge in [-0.2, -0.15) is 0 Å². The maximum absolute atomic E-state index is 6.39. The van der Waals surface area contributed by atoms with Crippen LogP contribution in [0.25, 0.3) is 0 Å². The molecule has 2 nitrogen and oxygen atoms in total. The predicted molar refractivity (Wildman–Crippen MR) is 66.4 cm³/mol. The van der Waals surface area contributed by atoms with Crippen molar-refractivity contribution < 1.29 is 4.74 Å². The van der Waals surface area contributed by atoms with E-state index in [0.717, 1.165) is 12.8 Å². The number of ether oxygens (including phenoxy) is 1. The van der Waals surface area contributed by atoms with Gasteiger partial charge in [-0.05, 0) is 44.2 Å². The van der Waals surface area contributed by atoms with Crippen LogP contribution in [0, 0.1) is 13.8 Å². The lowest BCUT2D eigenvalue weighted by molar-refractivity contribution is -0.0912.